The van der Waals surface area contributed by atoms with Gasteiger partial charge in [0.15, 0.2) is 0 Å². The van der Waals surface area contributed by atoms with Crippen LogP contribution in [0.2, 0.25) is 0 Å². The lowest BCUT2D eigenvalue weighted by molar-refractivity contribution is -0.123. The van der Waals surface area contributed by atoms with Gasteiger partial charge in [-0.3, -0.25) is 9.89 Å². The highest BCUT2D eigenvalue weighted by molar-refractivity contribution is 6.09. The van der Waals surface area contributed by atoms with Gasteiger partial charge in [0.25, 0.3) is 0 Å². The highest BCUT2D eigenvalue weighted by Gasteiger charge is 2.49. The van der Waals surface area contributed by atoms with Crippen LogP contribution >= 0.6 is 0 Å². The van der Waals surface area contributed by atoms with Gasteiger partial charge in [-0.15, -0.1) is 0 Å². The minimum Gasteiger partial charge on any atom is -0.394 e. The van der Waals surface area contributed by atoms with Gasteiger partial charge in [-0.05, 0) is 67.3 Å². The standard InChI is InChI=1S/C24H32N4O3/c1-4-24(5-2)19-11-20-16(10-21(19)28(23(24)31)13-18(30)14-29)8-6-7-9-17-12-25-27-22(17)15(3)26-20/h10-12,18,26,29-30H,3-9,13-14H2,1-2H3,(H,25,27). The average molecular weight is 425 g/mol. The zero-order chi connectivity index (χ0) is 22.2. The fourth-order valence-electron chi connectivity index (χ4n) is 5.05. The predicted molar refractivity (Wildman–Crippen MR) is 122 cm³/mol. The molecule has 2 aliphatic heterocycles. The van der Waals surface area contributed by atoms with E-state index in [4.69, 9.17) is 0 Å². The van der Waals surface area contributed by atoms with Crippen LogP contribution in [0.3, 0.4) is 0 Å². The number of nitrogens with zero attached hydrogens (tertiary/aromatic N) is 2. The van der Waals surface area contributed by atoms with Gasteiger partial charge in [-0.1, -0.05) is 20.4 Å². The van der Waals surface area contributed by atoms with Gasteiger partial charge < -0.3 is 20.4 Å². The van der Waals surface area contributed by atoms with Crippen molar-refractivity contribution in [2.24, 2.45) is 0 Å². The summed E-state index contributed by atoms with van der Waals surface area (Å²) in [6, 6.07) is 4.19. The van der Waals surface area contributed by atoms with Gasteiger partial charge in [0.2, 0.25) is 5.91 Å². The van der Waals surface area contributed by atoms with Crippen molar-refractivity contribution in [2.75, 3.05) is 23.4 Å². The minimum atomic E-state index is -0.966. The van der Waals surface area contributed by atoms with Gasteiger partial charge in [-0.25, -0.2) is 0 Å². The van der Waals surface area contributed by atoms with E-state index in [0.29, 0.717) is 12.8 Å². The van der Waals surface area contributed by atoms with E-state index in [1.165, 1.54) is 0 Å². The molecule has 7 heteroatoms. The molecule has 0 fully saturated rings. The number of β-amino-alcohol motifs (C(OH)–C–C–N with tert-alkyl or cyclic N) is 1. The summed E-state index contributed by atoms with van der Waals surface area (Å²) >= 11 is 0. The Morgan fingerprint density at radius 1 is 1.23 bits per heavy atom. The third-order valence-corrected chi connectivity index (χ3v) is 6.94. The van der Waals surface area contributed by atoms with Crippen molar-refractivity contribution >= 4 is 23.0 Å². The number of amides is 1. The van der Waals surface area contributed by atoms with Crippen molar-refractivity contribution in [2.45, 2.75) is 63.9 Å². The molecule has 0 saturated carbocycles. The molecule has 31 heavy (non-hydrogen) atoms. The number of aliphatic hydroxyl groups is 2. The number of aliphatic hydroxyl groups excluding tert-OH is 2. The number of carbonyl (C=O) groups excluding carboxylic acids is 1. The largest absolute Gasteiger partial charge is 0.394 e. The molecular formula is C24H32N4O3. The molecule has 1 atom stereocenters. The van der Waals surface area contributed by atoms with Crippen LogP contribution in [0.1, 0.15) is 61.9 Å². The Balaban J connectivity index is 1.82. The van der Waals surface area contributed by atoms with Gasteiger partial charge in [0.1, 0.15) is 0 Å². The molecule has 166 valence electrons. The highest BCUT2D eigenvalue weighted by atomic mass is 16.3. The quantitative estimate of drug-likeness (QED) is 0.591. The van der Waals surface area contributed by atoms with Crippen LogP contribution in [0, 0.1) is 0 Å². The monoisotopic (exact) mass is 424 g/mol. The summed E-state index contributed by atoms with van der Waals surface area (Å²) in [5.74, 6) is 0.00194. The van der Waals surface area contributed by atoms with Crippen molar-refractivity contribution in [3.05, 3.63) is 47.3 Å². The number of H-pyrrole nitrogens is 1. The van der Waals surface area contributed by atoms with E-state index in [-0.39, 0.29) is 19.1 Å². The van der Waals surface area contributed by atoms with E-state index in [9.17, 15) is 15.0 Å². The summed E-state index contributed by atoms with van der Waals surface area (Å²) in [6.07, 6.45) is 6.13. The molecule has 1 unspecified atom stereocenters. The summed E-state index contributed by atoms with van der Waals surface area (Å²) in [6.45, 7) is 8.02. The number of anilines is 2. The Morgan fingerprint density at radius 2 is 1.94 bits per heavy atom. The van der Waals surface area contributed by atoms with Crippen LogP contribution < -0.4 is 10.2 Å². The van der Waals surface area contributed by atoms with E-state index < -0.39 is 11.5 Å². The predicted octanol–water partition coefficient (Wildman–Crippen LogP) is 3.13. The third kappa shape index (κ3) is 3.55. The number of aryl methyl sites for hydroxylation is 2. The van der Waals surface area contributed by atoms with Crippen molar-refractivity contribution in [3.63, 3.8) is 0 Å². The highest BCUT2D eigenvalue weighted by Crippen LogP contribution is 2.48. The van der Waals surface area contributed by atoms with Crippen molar-refractivity contribution < 1.29 is 15.0 Å². The summed E-state index contributed by atoms with van der Waals surface area (Å²) in [5.41, 5.74) is 6.16. The fourth-order valence-corrected chi connectivity index (χ4v) is 5.05. The fraction of sp³-hybridized carbons (Fsp3) is 0.500. The first-order chi connectivity index (χ1) is 14.9. The zero-order valence-electron chi connectivity index (χ0n) is 18.4. The summed E-state index contributed by atoms with van der Waals surface area (Å²) in [7, 11) is 0. The molecule has 0 spiro atoms. The number of fused-ring (bicyclic) bond motifs is 3. The first kappa shape index (κ1) is 21.6. The Morgan fingerprint density at radius 3 is 2.61 bits per heavy atom. The van der Waals surface area contributed by atoms with Crippen LogP contribution in [0.25, 0.3) is 5.70 Å². The first-order valence-corrected chi connectivity index (χ1v) is 11.2. The maximum absolute atomic E-state index is 13.5. The molecule has 2 aromatic rings. The molecule has 7 nitrogen and oxygen atoms in total. The average Bonchev–Trinajstić information content (AvgIpc) is 3.33. The van der Waals surface area contributed by atoms with Gasteiger partial charge in [0, 0.05) is 11.4 Å². The van der Waals surface area contributed by atoms with E-state index in [1.54, 1.807) is 4.90 Å². The molecule has 4 N–H and O–H groups in total. The smallest absolute Gasteiger partial charge is 0.237 e. The lowest BCUT2D eigenvalue weighted by atomic mass is 9.76. The Hall–Kier alpha value is -2.64. The molecule has 1 amide bonds. The lowest BCUT2D eigenvalue weighted by Gasteiger charge is -2.27. The van der Waals surface area contributed by atoms with Crippen LogP contribution in [0.5, 0.6) is 0 Å². The van der Waals surface area contributed by atoms with Crippen molar-refractivity contribution in [3.8, 4) is 0 Å². The van der Waals surface area contributed by atoms with E-state index >= 15 is 0 Å². The normalized spacial score (nSPS) is 18.8. The molecule has 4 rings (SSSR count). The number of aromatic nitrogens is 2. The number of benzene rings is 1. The molecule has 0 saturated heterocycles. The molecule has 1 aromatic carbocycles. The van der Waals surface area contributed by atoms with Gasteiger partial charge in [-0.2, -0.15) is 5.10 Å². The Kier molecular flexibility index (Phi) is 5.90. The van der Waals surface area contributed by atoms with Crippen molar-refractivity contribution in [1.82, 2.24) is 10.2 Å². The SMILES string of the molecule is C=C1Nc2cc3c(cc2CCCCc2cn[nH]c21)N(CC(O)CO)C(=O)C3(CC)CC. The summed E-state index contributed by atoms with van der Waals surface area (Å²) in [5, 5.41) is 30.2. The first-order valence-electron chi connectivity index (χ1n) is 11.2. The van der Waals surface area contributed by atoms with E-state index in [1.807, 2.05) is 20.0 Å². The Labute approximate surface area is 183 Å². The molecule has 2 aliphatic rings. The topological polar surface area (TPSA) is 101 Å². The number of carbonyl (C=O) groups is 1. The van der Waals surface area contributed by atoms with E-state index in [2.05, 4.69) is 34.2 Å². The number of nitrogens with one attached hydrogen (secondary N) is 2. The number of hydrogen-bond donors (Lipinski definition) is 4. The van der Waals surface area contributed by atoms with Gasteiger partial charge >= 0.3 is 0 Å². The second kappa shape index (κ2) is 8.48. The molecular weight excluding hydrogens is 392 g/mol. The maximum atomic E-state index is 13.5. The van der Waals surface area contributed by atoms with Crippen LogP contribution in [-0.4, -0.2) is 45.6 Å². The third-order valence-electron chi connectivity index (χ3n) is 6.94. The van der Waals surface area contributed by atoms with Crippen LogP contribution in [-0.2, 0) is 23.1 Å². The van der Waals surface area contributed by atoms with E-state index in [0.717, 1.165) is 65.1 Å². The van der Waals surface area contributed by atoms with Crippen molar-refractivity contribution in [1.29, 1.82) is 0 Å². The van der Waals surface area contributed by atoms with Gasteiger partial charge in [0.05, 0.1) is 42.3 Å². The molecule has 0 aliphatic carbocycles. The lowest BCUT2D eigenvalue weighted by Crippen LogP contribution is -2.43. The number of aromatic amines is 1. The molecule has 3 heterocycles. The molecule has 1 aromatic heterocycles. The molecule has 0 bridgehead atoms. The number of rotatable bonds is 5. The van der Waals surface area contributed by atoms with Crippen LogP contribution in [0.4, 0.5) is 11.4 Å². The Bertz CT molecular complexity index is 993. The molecule has 0 radical (unpaired) electrons. The van der Waals surface area contributed by atoms with Crippen LogP contribution in [0.15, 0.2) is 24.9 Å². The summed E-state index contributed by atoms with van der Waals surface area (Å²) in [4.78, 5) is 15.2. The second-order valence-corrected chi connectivity index (χ2v) is 8.65. The minimum absolute atomic E-state index is 0.00194. The maximum Gasteiger partial charge on any atom is 0.237 e. The zero-order valence-corrected chi connectivity index (χ0v) is 18.4. The number of hydrogen-bond acceptors (Lipinski definition) is 5. The summed E-state index contributed by atoms with van der Waals surface area (Å²) < 4.78 is 0. The second-order valence-electron chi connectivity index (χ2n) is 8.65.